The van der Waals surface area contributed by atoms with E-state index in [0.717, 1.165) is 35.1 Å². The van der Waals surface area contributed by atoms with Gasteiger partial charge in [0.15, 0.2) is 17.5 Å². The molecular formula is C49H39N3. The molecule has 0 amide bonds. The molecule has 9 rings (SSSR count). The summed E-state index contributed by atoms with van der Waals surface area (Å²) in [6.45, 7) is 0. The Balaban J connectivity index is 1.07. The molecule has 0 bridgehead atoms. The van der Waals surface area contributed by atoms with Crippen LogP contribution in [0, 0.1) is 0 Å². The van der Waals surface area contributed by atoms with Crippen molar-refractivity contribution < 1.29 is 0 Å². The molecule has 3 nitrogen and oxygen atoms in total. The minimum absolute atomic E-state index is 0.0198. The SMILES string of the molecule is c1ccc(-c2ccc(-c3nc(-c4ccccc4)nc(-c4ccc(C5(c6ccc(-c7cccc8ccccc78)cc6)CCCCC5)cc4)n3)cc2)cc1. The fourth-order valence-corrected chi connectivity index (χ4v) is 8.08. The number of aromatic nitrogens is 3. The van der Waals surface area contributed by atoms with E-state index in [1.165, 1.54) is 57.9 Å². The van der Waals surface area contributed by atoms with Crippen LogP contribution >= 0.6 is 0 Å². The molecule has 0 unspecified atom stereocenters. The zero-order chi connectivity index (χ0) is 34.7. The van der Waals surface area contributed by atoms with Gasteiger partial charge in [-0.2, -0.15) is 0 Å². The van der Waals surface area contributed by atoms with Crippen molar-refractivity contribution in [3.8, 4) is 56.4 Å². The highest BCUT2D eigenvalue weighted by molar-refractivity contribution is 5.96. The molecule has 0 spiro atoms. The van der Waals surface area contributed by atoms with Gasteiger partial charge in [-0.1, -0.05) is 195 Å². The molecule has 52 heavy (non-hydrogen) atoms. The summed E-state index contributed by atoms with van der Waals surface area (Å²) in [5.74, 6) is 2.02. The van der Waals surface area contributed by atoms with Gasteiger partial charge in [-0.25, -0.2) is 15.0 Å². The fourth-order valence-electron chi connectivity index (χ4n) is 8.08. The van der Waals surface area contributed by atoms with Crippen LogP contribution in [-0.4, -0.2) is 15.0 Å². The lowest BCUT2D eigenvalue weighted by atomic mass is 9.65. The molecule has 8 aromatic rings. The van der Waals surface area contributed by atoms with Crippen LogP contribution < -0.4 is 0 Å². The predicted octanol–water partition coefficient (Wildman–Crippen LogP) is 12.6. The molecule has 0 radical (unpaired) electrons. The number of hydrogen-bond acceptors (Lipinski definition) is 3. The summed E-state index contributed by atoms with van der Waals surface area (Å²) in [5, 5.41) is 2.57. The lowest BCUT2D eigenvalue weighted by Gasteiger charge is -2.39. The van der Waals surface area contributed by atoms with Crippen LogP contribution in [0.2, 0.25) is 0 Å². The summed E-state index contributed by atoms with van der Waals surface area (Å²) in [6.07, 6.45) is 6.04. The van der Waals surface area contributed by atoms with Gasteiger partial charge in [0.25, 0.3) is 0 Å². The molecule has 1 heterocycles. The van der Waals surface area contributed by atoms with Gasteiger partial charge in [-0.05, 0) is 57.0 Å². The van der Waals surface area contributed by atoms with E-state index >= 15 is 0 Å². The number of fused-ring (bicyclic) bond motifs is 1. The van der Waals surface area contributed by atoms with Crippen molar-refractivity contribution in [1.82, 2.24) is 15.0 Å². The van der Waals surface area contributed by atoms with E-state index in [4.69, 9.17) is 15.0 Å². The number of nitrogens with zero attached hydrogens (tertiary/aromatic N) is 3. The molecule has 0 N–H and O–H groups in total. The van der Waals surface area contributed by atoms with Gasteiger partial charge in [0.05, 0.1) is 0 Å². The molecule has 0 atom stereocenters. The van der Waals surface area contributed by atoms with Gasteiger partial charge in [0.2, 0.25) is 0 Å². The topological polar surface area (TPSA) is 38.7 Å². The normalized spacial score (nSPS) is 13.9. The molecule has 1 aliphatic carbocycles. The molecule has 7 aromatic carbocycles. The molecule has 1 fully saturated rings. The maximum atomic E-state index is 5.06. The number of rotatable bonds is 7. The fraction of sp³-hybridized carbons (Fsp3) is 0.122. The molecule has 0 aliphatic heterocycles. The standard InChI is InChI=1S/C49H39N3/c1-4-13-35(14-5-1)36-21-23-40(24-22-36)47-50-46(39-16-6-2-7-17-39)51-48(52-47)41-27-31-43(32-28-41)49(33-10-3-11-34-49)42-29-25-38(26-30-42)45-20-12-18-37-15-8-9-19-44(37)45/h1-2,4-9,12-32H,3,10-11,33-34H2. The van der Waals surface area contributed by atoms with Crippen LogP contribution in [0.5, 0.6) is 0 Å². The van der Waals surface area contributed by atoms with Crippen molar-refractivity contribution in [1.29, 1.82) is 0 Å². The van der Waals surface area contributed by atoms with Gasteiger partial charge in [-0.15, -0.1) is 0 Å². The van der Waals surface area contributed by atoms with E-state index < -0.39 is 0 Å². The lowest BCUT2D eigenvalue weighted by Crippen LogP contribution is -2.30. The summed E-state index contributed by atoms with van der Waals surface area (Å²) < 4.78 is 0. The molecule has 1 saturated carbocycles. The Morgan fingerprint density at radius 3 is 1.35 bits per heavy atom. The third kappa shape index (κ3) is 6.09. The quantitative estimate of drug-likeness (QED) is 0.169. The van der Waals surface area contributed by atoms with Crippen molar-refractivity contribution in [2.75, 3.05) is 0 Å². The van der Waals surface area contributed by atoms with E-state index in [9.17, 15) is 0 Å². The van der Waals surface area contributed by atoms with E-state index in [1.807, 2.05) is 24.3 Å². The molecule has 3 heteroatoms. The average molecular weight is 670 g/mol. The largest absolute Gasteiger partial charge is 0.208 e. The van der Waals surface area contributed by atoms with Gasteiger partial charge >= 0.3 is 0 Å². The minimum Gasteiger partial charge on any atom is -0.208 e. The summed E-state index contributed by atoms with van der Waals surface area (Å²) >= 11 is 0. The Labute approximate surface area is 305 Å². The molecule has 250 valence electrons. The molecule has 1 aromatic heterocycles. The molecule has 1 aliphatic rings. The maximum absolute atomic E-state index is 5.06. The highest BCUT2D eigenvalue weighted by Crippen LogP contribution is 2.46. The van der Waals surface area contributed by atoms with Crippen LogP contribution in [0.25, 0.3) is 67.2 Å². The second-order valence-corrected chi connectivity index (χ2v) is 13.9. The zero-order valence-corrected chi connectivity index (χ0v) is 29.1. The average Bonchev–Trinajstić information content (AvgIpc) is 3.24. The first kappa shape index (κ1) is 31.8. The summed E-state index contributed by atoms with van der Waals surface area (Å²) in [6, 6.07) is 62.9. The van der Waals surface area contributed by atoms with E-state index in [0.29, 0.717) is 17.5 Å². The van der Waals surface area contributed by atoms with Crippen molar-refractivity contribution in [2.24, 2.45) is 0 Å². The Bertz CT molecular complexity index is 2440. The summed E-state index contributed by atoms with van der Waals surface area (Å²) in [5.41, 5.74) is 10.6. The third-order valence-corrected chi connectivity index (χ3v) is 10.9. The first-order valence-corrected chi connectivity index (χ1v) is 18.4. The number of benzene rings is 7. The van der Waals surface area contributed by atoms with Gasteiger partial charge in [0.1, 0.15) is 0 Å². The number of hydrogen-bond donors (Lipinski definition) is 0. The first-order valence-electron chi connectivity index (χ1n) is 18.4. The second kappa shape index (κ2) is 13.8. The van der Waals surface area contributed by atoms with Gasteiger partial charge in [-0.3, -0.25) is 0 Å². The van der Waals surface area contributed by atoms with Crippen LogP contribution in [-0.2, 0) is 5.41 Å². The third-order valence-electron chi connectivity index (χ3n) is 10.9. The van der Waals surface area contributed by atoms with E-state index in [2.05, 4.69) is 152 Å². The highest BCUT2D eigenvalue weighted by Gasteiger charge is 2.35. The van der Waals surface area contributed by atoms with Crippen LogP contribution in [0.4, 0.5) is 0 Å². The van der Waals surface area contributed by atoms with Gasteiger partial charge in [0, 0.05) is 22.1 Å². The predicted molar refractivity (Wildman–Crippen MR) is 215 cm³/mol. The van der Waals surface area contributed by atoms with Crippen molar-refractivity contribution in [3.63, 3.8) is 0 Å². The Morgan fingerprint density at radius 2 is 0.750 bits per heavy atom. The monoisotopic (exact) mass is 669 g/mol. The lowest BCUT2D eigenvalue weighted by molar-refractivity contribution is 0.346. The Morgan fingerprint density at radius 1 is 0.327 bits per heavy atom. The Hall–Kier alpha value is -6.19. The van der Waals surface area contributed by atoms with Gasteiger partial charge < -0.3 is 0 Å². The summed E-state index contributed by atoms with van der Waals surface area (Å²) in [7, 11) is 0. The highest BCUT2D eigenvalue weighted by atomic mass is 15.0. The summed E-state index contributed by atoms with van der Waals surface area (Å²) in [4.78, 5) is 15.0. The van der Waals surface area contributed by atoms with Crippen LogP contribution in [0.3, 0.4) is 0 Å². The molecular weight excluding hydrogens is 631 g/mol. The minimum atomic E-state index is -0.0198. The maximum Gasteiger partial charge on any atom is 0.164 e. The van der Waals surface area contributed by atoms with Crippen LogP contribution in [0.15, 0.2) is 176 Å². The van der Waals surface area contributed by atoms with Crippen molar-refractivity contribution in [3.05, 3.63) is 187 Å². The Kier molecular flexibility index (Phi) is 8.46. The van der Waals surface area contributed by atoms with Crippen molar-refractivity contribution >= 4 is 10.8 Å². The molecule has 0 saturated heterocycles. The van der Waals surface area contributed by atoms with Crippen molar-refractivity contribution in [2.45, 2.75) is 37.5 Å². The second-order valence-electron chi connectivity index (χ2n) is 13.9. The van der Waals surface area contributed by atoms with Crippen LogP contribution in [0.1, 0.15) is 43.2 Å². The van der Waals surface area contributed by atoms with E-state index in [-0.39, 0.29) is 5.41 Å². The van der Waals surface area contributed by atoms with E-state index in [1.54, 1.807) is 0 Å². The smallest absolute Gasteiger partial charge is 0.164 e. The first-order chi connectivity index (χ1) is 25.7. The zero-order valence-electron chi connectivity index (χ0n) is 29.1.